The van der Waals surface area contributed by atoms with Gasteiger partial charge in [0.15, 0.2) is 0 Å². The summed E-state index contributed by atoms with van der Waals surface area (Å²) in [5, 5.41) is 23.5. The first-order valence-electron chi connectivity index (χ1n) is 43.8. The fraction of sp³-hybridized carbons (Fsp3) is 0.977. The predicted octanol–water partition coefficient (Wildman–Crippen LogP) is 29.2. The number of rotatable bonds is 84. The summed E-state index contributed by atoms with van der Waals surface area (Å²) in [6.45, 7) is 5.03. The Kier molecular flexibility index (Phi) is 82.3. The number of unbranched alkanes of at least 4 members (excludes halogenated alkanes) is 73. The highest BCUT2D eigenvalue weighted by Gasteiger charge is 2.20. The van der Waals surface area contributed by atoms with E-state index in [1.165, 1.54) is 449 Å². The van der Waals surface area contributed by atoms with Crippen molar-refractivity contribution < 1.29 is 24.5 Å². The van der Waals surface area contributed by atoms with E-state index in [2.05, 4.69) is 19.2 Å². The van der Waals surface area contributed by atoms with Gasteiger partial charge in [0.25, 0.3) is 0 Å². The lowest BCUT2D eigenvalue weighted by Gasteiger charge is -2.22. The van der Waals surface area contributed by atoms with Gasteiger partial charge in [-0.1, -0.05) is 483 Å². The minimum atomic E-state index is -0.661. The highest BCUT2D eigenvalue weighted by atomic mass is 16.5. The summed E-state index contributed by atoms with van der Waals surface area (Å²) in [6.07, 6.45) is 105. The highest BCUT2D eigenvalue weighted by Crippen LogP contribution is 2.22. The Labute approximate surface area is 585 Å². The normalized spacial score (nSPS) is 12.3. The van der Waals surface area contributed by atoms with E-state index in [-0.39, 0.29) is 18.5 Å². The summed E-state index contributed by atoms with van der Waals surface area (Å²) >= 11 is 0. The van der Waals surface area contributed by atoms with Gasteiger partial charge >= 0.3 is 5.97 Å². The molecule has 0 aromatic heterocycles. The third kappa shape index (κ3) is 79.7. The first kappa shape index (κ1) is 91.9. The van der Waals surface area contributed by atoms with Crippen LogP contribution in [0.5, 0.6) is 0 Å². The van der Waals surface area contributed by atoms with Crippen LogP contribution in [0.15, 0.2) is 0 Å². The number of hydrogen-bond donors (Lipinski definition) is 3. The van der Waals surface area contributed by atoms with Crippen LogP contribution in [-0.4, -0.2) is 47.4 Å². The van der Waals surface area contributed by atoms with E-state index in [0.29, 0.717) is 25.9 Å². The van der Waals surface area contributed by atoms with Crippen LogP contribution in [0.25, 0.3) is 0 Å². The number of aliphatic hydroxyl groups is 2. The molecular formula is C87H173NO5. The maximum absolute atomic E-state index is 12.6. The third-order valence-electron chi connectivity index (χ3n) is 21.2. The fourth-order valence-electron chi connectivity index (χ4n) is 14.5. The van der Waals surface area contributed by atoms with Crippen LogP contribution in [0, 0.1) is 0 Å². The summed E-state index contributed by atoms with van der Waals surface area (Å²) in [5.41, 5.74) is 0. The molecular weight excluding hydrogens is 1140 g/mol. The van der Waals surface area contributed by atoms with Gasteiger partial charge < -0.3 is 20.3 Å². The van der Waals surface area contributed by atoms with Gasteiger partial charge in [-0.25, -0.2) is 0 Å². The lowest BCUT2D eigenvalue weighted by Crippen LogP contribution is -2.45. The number of carbonyl (C=O) groups excluding carboxylic acids is 2. The van der Waals surface area contributed by atoms with Gasteiger partial charge in [-0.3, -0.25) is 9.59 Å². The highest BCUT2D eigenvalue weighted by molar-refractivity contribution is 5.76. The number of aliphatic hydroxyl groups excluding tert-OH is 2. The van der Waals surface area contributed by atoms with E-state index < -0.39 is 12.1 Å². The van der Waals surface area contributed by atoms with Crippen molar-refractivity contribution in [1.82, 2.24) is 5.32 Å². The number of amides is 1. The molecule has 556 valence electrons. The molecule has 0 aromatic rings. The number of hydrogen-bond acceptors (Lipinski definition) is 5. The summed E-state index contributed by atoms with van der Waals surface area (Å²) in [5.74, 6) is 0.00532. The van der Waals surface area contributed by atoms with Crippen molar-refractivity contribution in [3.05, 3.63) is 0 Å². The first-order chi connectivity index (χ1) is 46.0. The maximum atomic E-state index is 12.6. The smallest absolute Gasteiger partial charge is 0.305 e. The molecule has 0 aromatic carbocycles. The zero-order chi connectivity index (χ0) is 67.0. The standard InChI is InChI=1S/C87H173NO5/c1-3-5-7-9-11-13-15-17-19-20-21-22-23-37-40-43-46-49-52-55-59-63-67-71-75-79-85(90)84(83-89)88-86(91)80-76-72-68-64-60-56-53-50-47-44-41-38-35-33-31-29-27-25-24-26-28-30-32-34-36-39-42-45-48-51-54-58-62-66-70-74-78-82-93-87(92)81-77-73-69-65-61-57-18-16-14-12-10-8-6-4-2/h84-85,89-90H,3-83H2,1-2H3,(H,88,91). The second-order valence-electron chi connectivity index (χ2n) is 30.6. The summed E-state index contributed by atoms with van der Waals surface area (Å²) in [4.78, 5) is 24.7. The molecule has 6 heteroatoms. The monoisotopic (exact) mass is 1310 g/mol. The van der Waals surface area contributed by atoms with Gasteiger partial charge in [0.1, 0.15) is 0 Å². The van der Waals surface area contributed by atoms with Gasteiger partial charge in [0.05, 0.1) is 25.4 Å². The third-order valence-corrected chi connectivity index (χ3v) is 21.2. The van der Waals surface area contributed by atoms with Gasteiger partial charge in [-0.2, -0.15) is 0 Å². The molecule has 0 saturated carbocycles. The van der Waals surface area contributed by atoms with Crippen molar-refractivity contribution >= 4 is 11.9 Å². The van der Waals surface area contributed by atoms with Crippen molar-refractivity contribution in [2.45, 2.75) is 533 Å². The van der Waals surface area contributed by atoms with Crippen LogP contribution >= 0.6 is 0 Å². The average molecular weight is 1310 g/mol. The molecule has 0 spiro atoms. The van der Waals surface area contributed by atoms with E-state index in [1.54, 1.807) is 0 Å². The van der Waals surface area contributed by atoms with Crippen LogP contribution in [0.4, 0.5) is 0 Å². The molecule has 3 N–H and O–H groups in total. The molecule has 2 unspecified atom stereocenters. The Balaban J connectivity index is 3.30. The average Bonchev–Trinajstić information content (AvgIpc) is 3.75. The molecule has 2 atom stereocenters. The van der Waals surface area contributed by atoms with Crippen molar-refractivity contribution in [2.75, 3.05) is 13.2 Å². The second kappa shape index (κ2) is 83.3. The molecule has 0 aliphatic rings. The van der Waals surface area contributed by atoms with E-state index >= 15 is 0 Å². The van der Waals surface area contributed by atoms with Crippen LogP contribution in [0.1, 0.15) is 521 Å². The molecule has 0 aliphatic carbocycles. The molecule has 0 radical (unpaired) electrons. The summed E-state index contributed by atoms with van der Waals surface area (Å²) in [6, 6.07) is -0.538. The second-order valence-corrected chi connectivity index (χ2v) is 30.6. The number of ether oxygens (including phenoxy) is 1. The molecule has 0 saturated heterocycles. The minimum Gasteiger partial charge on any atom is -0.466 e. The predicted molar refractivity (Wildman–Crippen MR) is 412 cm³/mol. The number of nitrogens with one attached hydrogen (secondary N) is 1. The fourth-order valence-corrected chi connectivity index (χ4v) is 14.5. The van der Waals surface area contributed by atoms with Crippen molar-refractivity contribution in [3.8, 4) is 0 Å². The zero-order valence-corrected chi connectivity index (χ0v) is 64.0. The Bertz CT molecular complexity index is 1370. The summed E-state index contributed by atoms with van der Waals surface area (Å²) < 4.78 is 5.51. The Morgan fingerprint density at radius 2 is 0.441 bits per heavy atom. The Morgan fingerprint density at radius 1 is 0.258 bits per heavy atom. The van der Waals surface area contributed by atoms with Gasteiger partial charge in [0.2, 0.25) is 5.91 Å². The van der Waals surface area contributed by atoms with Gasteiger partial charge in [0, 0.05) is 12.8 Å². The van der Waals surface area contributed by atoms with Gasteiger partial charge in [-0.15, -0.1) is 0 Å². The number of esters is 1. The lowest BCUT2D eigenvalue weighted by molar-refractivity contribution is -0.143. The van der Waals surface area contributed by atoms with Gasteiger partial charge in [-0.05, 0) is 25.7 Å². The largest absolute Gasteiger partial charge is 0.466 e. The molecule has 0 heterocycles. The quantitative estimate of drug-likeness (QED) is 0.0417. The molecule has 1 amide bonds. The molecule has 0 bridgehead atoms. The first-order valence-corrected chi connectivity index (χ1v) is 43.8. The SMILES string of the molecule is CCCCCCCCCCCCCCCCCCCCCCCCCCCC(O)C(CO)NC(=O)CCCCCCCCCCCCCCCCCCCCCCCCCCCCCCCCCCCCCCCOC(=O)CCCCCCCCCCCCCCCC. The molecule has 0 aliphatic heterocycles. The Morgan fingerprint density at radius 3 is 0.656 bits per heavy atom. The molecule has 93 heavy (non-hydrogen) atoms. The summed E-state index contributed by atoms with van der Waals surface area (Å²) in [7, 11) is 0. The Hall–Kier alpha value is -1.14. The minimum absolute atomic E-state index is 0.0220. The van der Waals surface area contributed by atoms with E-state index in [9.17, 15) is 19.8 Å². The molecule has 6 nitrogen and oxygen atoms in total. The lowest BCUT2D eigenvalue weighted by atomic mass is 10.0. The van der Waals surface area contributed by atoms with Crippen molar-refractivity contribution in [1.29, 1.82) is 0 Å². The van der Waals surface area contributed by atoms with E-state index in [1.807, 2.05) is 0 Å². The van der Waals surface area contributed by atoms with Crippen LogP contribution in [0.3, 0.4) is 0 Å². The topological polar surface area (TPSA) is 95.9 Å². The van der Waals surface area contributed by atoms with Crippen LogP contribution in [-0.2, 0) is 14.3 Å². The zero-order valence-electron chi connectivity index (χ0n) is 64.0. The van der Waals surface area contributed by atoms with Crippen LogP contribution in [0.2, 0.25) is 0 Å². The van der Waals surface area contributed by atoms with E-state index in [4.69, 9.17) is 4.74 Å². The van der Waals surface area contributed by atoms with Crippen LogP contribution < -0.4 is 5.32 Å². The molecule has 0 rings (SSSR count). The number of carbonyl (C=O) groups is 2. The van der Waals surface area contributed by atoms with Crippen molar-refractivity contribution in [3.63, 3.8) is 0 Å². The van der Waals surface area contributed by atoms with Crippen molar-refractivity contribution in [2.24, 2.45) is 0 Å². The maximum Gasteiger partial charge on any atom is 0.305 e. The molecule has 0 fully saturated rings. The van der Waals surface area contributed by atoms with E-state index in [0.717, 1.165) is 38.5 Å².